The van der Waals surface area contributed by atoms with Gasteiger partial charge in [-0.1, -0.05) is 30.1 Å². The van der Waals surface area contributed by atoms with Crippen LogP contribution in [0.3, 0.4) is 0 Å². The minimum absolute atomic E-state index is 0.150. The van der Waals surface area contributed by atoms with Crippen molar-refractivity contribution in [2.75, 3.05) is 11.9 Å². The van der Waals surface area contributed by atoms with Crippen LogP contribution in [0, 0.1) is 10.1 Å². The van der Waals surface area contributed by atoms with E-state index in [2.05, 4.69) is 10.6 Å². The molecule has 2 amide bonds. The number of nitro groups is 1. The van der Waals surface area contributed by atoms with Gasteiger partial charge in [0, 0.05) is 23.3 Å². The van der Waals surface area contributed by atoms with E-state index in [-0.39, 0.29) is 32.8 Å². The van der Waals surface area contributed by atoms with Crippen LogP contribution in [-0.2, 0) is 0 Å². The smallest absolute Gasteiger partial charge is 0.282 e. The summed E-state index contributed by atoms with van der Waals surface area (Å²) in [5.41, 5.74) is 0.0186. The number of benzene rings is 2. The van der Waals surface area contributed by atoms with E-state index in [1.54, 1.807) is 0 Å². The zero-order valence-electron chi connectivity index (χ0n) is 13.7. The molecule has 0 radical (unpaired) electrons. The third-order valence-electron chi connectivity index (χ3n) is 3.41. The van der Waals surface area contributed by atoms with Crippen molar-refractivity contribution < 1.29 is 14.5 Å². The molecule has 0 unspecified atom stereocenters. The fourth-order valence-electron chi connectivity index (χ4n) is 2.16. The van der Waals surface area contributed by atoms with Crippen molar-refractivity contribution in [3.63, 3.8) is 0 Å². The number of rotatable bonds is 6. The van der Waals surface area contributed by atoms with Gasteiger partial charge in [0.1, 0.15) is 5.56 Å². The number of carbonyl (C=O) groups is 2. The van der Waals surface area contributed by atoms with Gasteiger partial charge in [-0.25, -0.2) is 0 Å². The molecule has 0 fully saturated rings. The molecule has 0 aromatic heterocycles. The summed E-state index contributed by atoms with van der Waals surface area (Å²) in [5, 5.41) is 16.6. The number of amides is 2. The molecule has 0 heterocycles. The Morgan fingerprint density at radius 2 is 1.81 bits per heavy atom. The Kier molecular flexibility index (Phi) is 6.54. The van der Waals surface area contributed by atoms with Gasteiger partial charge in [0.05, 0.1) is 15.5 Å². The van der Waals surface area contributed by atoms with Crippen molar-refractivity contribution in [1.82, 2.24) is 5.32 Å². The number of nitro benzene ring substituents is 1. The fourth-order valence-corrected chi connectivity index (χ4v) is 2.60. The van der Waals surface area contributed by atoms with Crippen molar-refractivity contribution in [2.45, 2.75) is 13.3 Å². The van der Waals surface area contributed by atoms with Crippen LogP contribution in [0.4, 0.5) is 11.4 Å². The molecule has 7 nitrogen and oxygen atoms in total. The molecule has 0 saturated heterocycles. The van der Waals surface area contributed by atoms with Crippen molar-refractivity contribution in [3.05, 3.63) is 67.7 Å². The number of carbonyl (C=O) groups excluding carboxylic acids is 2. The van der Waals surface area contributed by atoms with Gasteiger partial charge in [0.15, 0.2) is 0 Å². The molecule has 0 spiro atoms. The van der Waals surface area contributed by atoms with Gasteiger partial charge in [0.2, 0.25) is 0 Å². The zero-order valence-corrected chi connectivity index (χ0v) is 15.2. The number of nitrogens with one attached hydrogen (secondary N) is 2. The molecule has 2 N–H and O–H groups in total. The molecule has 0 aliphatic heterocycles. The van der Waals surface area contributed by atoms with Crippen LogP contribution >= 0.6 is 23.2 Å². The number of nitrogens with zero attached hydrogens (tertiary/aromatic N) is 1. The average Bonchev–Trinajstić information content (AvgIpc) is 2.59. The molecule has 0 aliphatic carbocycles. The summed E-state index contributed by atoms with van der Waals surface area (Å²) < 4.78 is 0. The van der Waals surface area contributed by atoms with E-state index in [0.29, 0.717) is 12.2 Å². The summed E-state index contributed by atoms with van der Waals surface area (Å²) >= 11 is 11.9. The maximum atomic E-state index is 12.4. The second-order valence-electron chi connectivity index (χ2n) is 5.32. The van der Waals surface area contributed by atoms with Crippen molar-refractivity contribution in [2.24, 2.45) is 0 Å². The minimum atomic E-state index is -0.710. The zero-order chi connectivity index (χ0) is 19.3. The first-order valence-electron chi connectivity index (χ1n) is 7.66. The normalized spacial score (nSPS) is 10.3. The van der Waals surface area contributed by atoms with Crippen molar-refractivity contribution in [1.29, 1.82) is 0 Å². The molecule has 0 aliphatic rings. The van der Waals surface area contributed by atoms with E-state index in [0.717, 1.165) is 12.5 Å². The van der Waals surface area contributed by atoms with E-state index < -0.39 is 10.8 Å². The number of halogens is 2. The molecule has 26 heavy (non-hydrogen) atoms. The molecule has 2 rings (SSSR count). The van der Waals surface area contributed by atoms with Crippen LogP contribution in [0.25, 0.3) is 0 Å². The summed E-state index contributed by atoms with van der Waals surface area (Å²) in [7, 11) is 0. The van der Waals surface area contributed by atoms with Gasteiger partial charge in [0.25, 0.3) is 17.5 Å². The van der Waals surface area contributed by atoms with E-state index in [1.807, 2.05) is 6.92 Å². The molecular weight excluding hydrogens is 381 g/mol. The molecular formula is C17H15Cl2N3O4. The van der Waals surface area contributed by atoms with Crippen molar-refractivity contribution >= 4 is 46.4 Å². The standard InChI is InChI=1S/C17H15Cl2N3O4/c1-2-7-20-16(23)12-5-4-11(9-14(12)19)21-17(24)13-8-10(18)3-6-15(13)22(25)26/h3-6,8-9H,2,7H2,1H3,(H,20,23)(H,21,24). The molecule has 9 heteroatoms. The monoisotopic (exact) mass is 395 g/mol. The highest BCUT2D eigenvalue weighted by Crippen LogP contribution is 2.25. The SMILES string of the molecule is CCCNC(=O)c1ccc(NC(=O)c2cc(Cl)ccc2[N+](=O)[O-])cc1Cl. The Morgan fingerprint density at radius 1 is 1.08 bits per heavy atom. The molecule has 2 aromatic rings. The molecule has 0 atom stereocenters. The van der Waals surface area contributed by atoms with Gasteiger partial charge < -0.3 is 10.6 Å². The maximum Gasteiger partial charge on any atom is 0.282 e. The first kappa shape index (κ1) is 19.7. The fraction of sp³-hybridized carbons (Fsp3) is 0.176. The Bertz CT molecular complexity index is 871. The van der Waals surface area contributed by atoms with Crippen molar-refractivity contribution in [3.8, 4) is 0 Å². The Morgan fingerprint density at radius 3 is 2.42 bits per heavy atom. The summed E-state index contributed by atoms with van der Waals surface area (Å²) in [6.07, 6.45) is 0.788. The summed E-state index contributed by atoms with van der Waals surface area (Å²) in [5.74, 6) is -1.03. The third-order valence-corrected chi connectivity index (χ3v) is 3.95. The second-order valence-corrected chi connectivity index (χ2v) is 6.17. The third kappa shape index (κ3) is 4.71. The largest absolute Gasteiger partial charge is 0.352 e. The highest BCUT2D eigenvalue weighted by Gasteiger charge is 2.21. The topological polar surface area (TPSA) is 101 Å². The number of hydrogen-bond donors (Lipinski definition) is 2. The highest BCUT2D eigenvalue weighted by molar-refractivity contribution is 6.34. The quantitative estimate of drug-likeness (QED) is 0.562. The second kappa shape index (κ2) is 8.64. The van der Waals surface area contributed by atoms with Gasteiger partial charge in [-0.2, -0.15) is 0 Å². The van der Waals surface area contributed by atoms with Gasteiger partial charge in [-0.05, 0) is 36.8 Å². The van der Waals surface area contributed by atoms with Crippen LogP contribution in [0.15, 0.2) is 36.4 Å². The molecule has 0 bridgehead atoms. The molecule has 136 valence electrons. The van der Waals surface area contributed by atoms with Gasteiger partial charge >= 0.3 is 0 Å². The predicted molar refractivity (Wildman–Crippen MR) is 100 cm³/mol. The van der Waals surface area contributed by atoms with E-state index in [1.165, 1.54) is 30.3 Å². The lowest BCUT2D eigenvalue weighted by Gasteiger charge is -2.09. The molecule has 0 saturated carbocycles. The van der Waals surface area contributed by atoms with Gasteiger partial charge in [-0.3, -0.25) is 19.7 Å². The Hall–Kier alpha value is -2.64. The predicted octanol–water partition coefficient (Wildman–Crippen LogP) is 4.29. The lowest BCUT2D eigenvalue weighted by atomic mass is 10.1. The maximum absolute atomic E-state index is 12.4. The summed E-state index contributed by atoms with van der Waals surface area (Å²) in [6, 6.07) is 8.05. The van der Waals surface area contributed by atoms with Gasteiger partial charge in [-0.15, -0.1) is 0 Å². The summed E-state index contributed by atoms with van der Waals surface area (Å²) in [6.45, 7) is 2.45. The van der Waals surface area contributed by atoms with E-state index in [9.17, 15) is 19.7 Å². The summed E-state index contributed by atoms with van der Waals surface area (Å²) in [4.78, 5) is 34.7. The highest BCUT2D eigenvalue weighted by atomic mass is 35.5. The van der Waals surface area contributed by atoms with Crippen LogP contribution in [-0.4, -0.2) is 23.3 Å². The van der Waals surface area contributed by atoms with E-state index in [4.69, 9.17) is 23.2 Å². The van der Waals surface area contributed by atoms with Crippen LogP contribution < -0.4 is 10.6 Å². The Labute approximate surface area is 159 Å². The number of anilines is 1. The van der Waals surface area contributed by atoms with E-state index >= 15 is 0 Å². The minimum Gasteiger partial charge on any atom is -0.352 e. The number of hydrogen-bond acceptors (Lipinski definition) is 4. The van der Waals surface area contributed by atoms with Crippen LogP contribution in [0.1, 0.15) is 34.1 Å². The first-order valence-corrected chi connectivity index (χ1v) is 8.42. The van der Waals surface area contributed by atoms with Crippen LogP contribution in [0.2, 0.25) is 10.0 Å². The average molecular weight is 396 g/mol. The van der Waals surface area contributed by atoms with Crippen LogP contribution in [0.5, 0.6) is 0 Å². The first-order chi connectivity index (χ1) is 12.3. The lowest BCUT2D eigenvalue weighted by Crippen LogP contribution is -2.24. The Balaban J connectivity index is 2.23. The lowest BCUT2D eigenvalue weighted by molar-refractivity contribution is -0.385. The molecule has 2 aromatic carbocycles.